The van der Waals surface area contributed by atoms with Crippen molar-refractivity contribution in [1.82, 2.24) is 24.6 Å². The third-order valence-corrected chi connectivity index (χ3v) is 4.54. The van der Waals surface area contributed by atoms with Gasteiger partial charge in [-0.15, -0.1) is 11.3 Å². The van der Waals surface area contributed by atoms with Crippen molar-refractivity contribution in [2.75, 3.05) is 12.4 Å². The molecule has 2 heterocycles. The molecule has 142 valence electrons. The van der Waals surface area contributed by atoms with E-state index in [9.17, 15) is 18.0 Å². The maximum absolute atomic E-state index is 13.5. The van der Waals surface area contributed by atoms with E-state index in [4.69, 9.17) is 0 Å². The quantitative estimate of drug-likeness (QED) is 0.729. The molecule has 0 aliphatic rings. The second kappa shape index (κ2) is 7.35. The summed E-state index contributed by atoms with van der Waals surface area (Å²) in [6.45, 7) is 2.08. The zero-order chi connectivity index (χ0) is 19.6. The van der Waals surface area contributed by atoms with Gasteiger partial charge in [-0.05, 0) is 25.1 Å². The van der Waals surface area contributed by atoms with Gasteiger partial charge in [-0.3, -0.25) is 0 Å². The molecule has 0 saturated carbocycles. The highest BCUT2D eigenvalue weighted by Gasteiger charge is 2.34. The smallest absolute Gasteiger partial charge is 0.322 e. The Hall–Kier alpha value is -2.95. The lowest BCUT2D eigenvalue weighted by Crippen LogP contribution is -2.31. The lowest BCUT2D eigenvalue weighted by molar-refractivity contribution is -0.136. The molecule has 11 heteroatoms. The van der Waals surface area contributed by atoms with Crippen molar-refractivity contribution in [3.8, 4) is 5.69 Å². The van der Waals surface area contributed by atoms with Crippen molar-refractivity contribution in [3.05, 3.63) is 52.5 Å². The molecular weight excluding hydrogens is 381 g/mol. The number of alkyl halides is 3. The largest absolute Gasteiger partial charge is 0.418 e. The van der Waals surface area contributed by atoms with Crippen LogP contribution in [0.1, 0.15) is 15.4 Å². The summed E-state index contributed by atoms with van der Waals surface area (Å²) in [5.74, 6) is 0. The van der Waals surface area contributed by atoms with Gasteiger partial charge in [-0.25, -0.2) is 19.4 Å². The normalized spacial score (nSPS) is 11.4. The summed E-state index contributed by atoms with van der Waals surface area (Å²) < 4.78 is 41.6. The van der Waals surface area contributed by atoms with E-state index < -0.39 is 17.8 Å². The molecular formula is C16H15F3N6OS. The summed E-state index contributed by atoms with van der Waals surface area (Å²) in [5.41, 5.74) is -1.11. The molecule has 0 bridgehead atoms. The molecule has 0 spiro atoms. The number of carbonyl (C=O) groups is 1. The van der Waals surface area contributed by atoms with Crippen molar-refractivity contribution in [2.24, 2.45) is 0 Å². The molecule has 0 radical (unpaired) electrons. The van der Waals surface area contributed by atoms with E-state index in [0.717, 1.165) is 16.0 Å². The highest BCUT2D eigenvalue weighted by atomic mass is 32.1. The third kappa shape index (κ3) is 4.42. The summed E-state index contributed by atoms with van der Waals surface area (Å²) in [7, 11) is 1.50. The Morgan fingerprint density at radius 3 is 2.74 bits per heavy atom. The SMILES string of the molecule is Cc1ncc(CN(C)C(=O)Nc2ccc(-n3cncn3)cc2C(F)(F)F)s1. The van der Waals surface area contributed by atoms with Crippen LogP contribution in [0.3, 0.4) is 0 Å². The fraction of sp³-hybridized carbons (Fsp3) is 0.250. The minimum Gasteiger partial charge on any atom is -0.322 e. The molecule has 2 amide bonds. The Bertz CT molecular complexity index is 938. The summed E-state index contributed by atoms with van der Waals surface area (Å²) >= 11 is 1.42. The maximum Gasteiger partial charge on any atom is 0.418 e. The van der Waals surface area contributed by atoms with Crippen LogP contribution in [0.2, 0.25) is 0 Å². The number of aryl methyl sites for hydroxylation is 1. The first-order chi connectivity index (χ1) is 12.7. The first-order valence-corrected chi connectivity index (χ1v) is 8.55. The van der Waals surface area contributed by atoms with Crippen LogP contribution < -0.4 is 5.32 Å². The number of nitrogens with zero attached hydrogens (tertiary/aromatic N) is 5. The molecule has 27 heavy (non-hydrogen) atoms. The Kier molecular flexibility index (Phi) is 5.13. The number of urea groups is 1. The summed E-state index contributed by atoms with van der Waals surface area (Å²) in [5, 5.41) is 6.99. The zero-order valence-electron chi connectivity index (χ0n) is 14.4. The molecule has 1 N–H and O–H groups in total. The number of rotatable bonds is 4. The summed E-state index contributed by atoms with van der Waals surface area (Å²) in [6.07, 6.45) is -0.498. The van der Waals surface area contributed by atoms with Crippen molar-refractivity contribution < 1.29 is 18.0 Å². The van der Waals surface area contributed by atoms with Crippen LogP contribution in [0.25, 0.3) is 5.69 Å². The average Bonchev–Trinajstić information content (AvgIpc) is 3.26. The topological polar surface area (TPSA) is 75.9 Å². The monoisotopic (exact) mass is 396 g/mol. The summed E-state index contributed by atoms with van der Waals surface area (Å²) in [4.78, 5) is 22.3. The van der Waals surface area contributed by atoms with E-state index >= 15 is 0 Å². The lowest BCUT2D eigenvalue weighted by atomic mass is 10.1. The van der Waals surface area contributed by atoms with Gasteiger partial charge in [-0.2, -0.15) is 18.3 Å². The van der Waals surface area contributed by atoms with Gasteiger partial charge >= 0.3 is 12.2 Å². The minimum absolute atomic E-state index is 0.186. The fourth-order valence-corrected chi connectivity index (χ4v) is 3.20. The van der Waals surface area contributed by atoms with Crippen LogP contribution in [0.15, 0.2) is 37.1 Å². The second-order valence-electron chi connectivity index (χ2n) is 5.70. The Balaban J connectivity index is 1.81. The molecule has 3 aromatic rings. The molecule has 0 fully saturated rings. The molecule has 0 unspecified atom stereocenters. The highest BCUT2D eigenvalue weighted by molar-refractivity contribution is 7.11. The minimum atomic E-state index is -4.65. The number of nitrogens with one attached hydrogen (secondary N) is 1. The van der Waals surface area contributed by atoms with Crippen LogP contribution in [0.4, 0.5) is 23.7 Å². The number of halogens is 3. The lowest BCUT2D eigenvalue weighted by Gasteiger charge is -2.20. The van der Waals surface area contributed by atoms with Gasteiger partial charge in [0.1, 0.15) is 12.7 Å². The first-order valence-electron chi connectivity index (χ1n) is 7.73. The van der Waals surface area contributed by atoms with Crippen LogP contribution in [0, 0.1) is 6.92 Å². The number of carbonyl (C=O) groups excluding carboxylic acids is 1. The van der Waals surface area contributed by atoms with Gasteiger partial charge in [0.25, 0.3) is 0 Å². The standard InChI is InChI=1S/C16H15F3N6OS/c1-10-21-6-12(27-10)7-24(2)15(26)23-14-4-3-11(25-9-20-8-22-25)5-13(14)16(17,18)19/h3-6,8-9H,7H2,1-2H3,(H,23,26). The van der Waals surface area contributed by atoms with Gasteiger partial charge in [0.2, 0.25) is 0 Å². The molecule has 7 nitrogen and oxygen atoms in total. The second-order valence-corrected chi connectivity index (χ2v) is 7.02. The molecule has 0 aliphatic carbocycles. The van der Waals surface area contributed by atoms with Gasteiger partial charge in [0.15, 0.2) is 0 Å². The molecule has 0 atom stereocenters. The molecule has 0 saturated heterocycles. The number of amides is 2. The van der Waals surface area contributed by atoms with Crippen molar-refractivity contribution in [3.63, 3.8) is 0 Å². The predicted molar refractivity (Wildman–Crippen MR) is 93.7 cm³/mol. The van der Waals surface area contributed by atoms with Crippen LogP contribution in [0.5, 0.6) is 0 Å². The van der Waals surface area contributed by atoms with E-state index in [-0.39, 0.29) is 17.9 Å². The predicted octanol–water partition coefficient (Wildman–Crippen LogP) is 3.71. The number of benzene rings is 1. The number of thiazole rings is 1. The Labute approximate surface area is 156 Å². The van der Waals surface area contributed by atoms with Crippen LogP contribution in [-0.4, -0.2) is 37.7 Å². The number of hydrogen-bond acceptors (Lipinski definition) is 5. The molecule has 3 rings (SSSR count). The number of anilines is 1. The third-order valence-electron chi connectivity index (χ3n) is 3.64. The van der Waals surface area contributed by atoms with Crippen molar-refractivity contribution in [2.45, 2.75) is 19.6 Å². The molecule has 1 aromatic carbocycles. The van der Waals surface area contributed by atoms with Gasteiger partial charge in [0, 0.05) is 18.1 Å². The van der Waals surface area contributed by atoms with Crippen LogP contribution in [-0.2, 0) is 12.7 Å². The molecule has 2 aromatic heterocycles. The van der Waals surface area contributed by atoms with E-state index in [1.54, 1.807) is 6.20 Å². The summed E-state index contributed by atoms with van der Waals surface area (Å²) in [6, 6.07) is 2.88. The van der Waals surface area contributed by atoms with Gasteiger partial charge < -0.3 is 10.2 Å². The maximum atomic E-state index is 13.5. The Morgan fingerprint density at radius 1 is 1.37 bits per heavy atom. The number of aromatic nitrogens is 4. The fourth-order valence-electron chi connectivity index (χ4n) is 2.35. The van der Waals surface area contributed by atoms with Gasteiger partial charge in [-0.1, -0.05) is 0 Å². The first kappa shape index (κ1) is 18.8. The van der Waals surface area contributed by atoms with E-state index in [1.807, 2.05) is 6.92 Å². The number of hydrogen-bond donors (Lipinski definition) is 1. The van der Waals surface area contributed by atoms with Crippen molar-refractivity contribution in [1.29, 1.82) is 0 Å². The Morgan fingerprint density at radius 2 is 2.15 bits per heavy atom. The highest BCUT2D eigenvalue weighted by Crippen LogP contribution is 2.36. The average molecular weight is 396 g/mol. The van der Waals surface area contributed by atoms with Gasteiger partial charge in [0.05, 0.1) is 28.5 Å². The van der Waals surface area contributed by atoms with Crippen molar-refractivity contribution >= 4 is 23.1 Å². The van der Waals surface area contributed by atoms with E-state index in [2.05, 4.69) is 20.4 Å². The zero-order valence-corrected chi connectivity index (χ0v) is 15.2. The molecule has 0 aliphatic heterocycles. The van der Waals surface area contributed by atoms with E-state index in [0.29, 0.717) is 0 Å². The van der Waals surface area contributed by atoms with Crippen LogP contribution >= 0.6 is 11.3 Å². The van der Waals surface area contributed by atoms with E-state index in [1.165, 1.54) is 52.8 Å².